The number of anilines is 1. The third-order valence-corrected chi connectivity index (χ3v) is 6.05. The second-order valence-corrected chi connectivity index (χ2v) is 8.22. The highest BCUT2D eigenvalue weighted by atomic mass is 32.1. The van der Waals surface area contributed by atoms with E-state index in [9.17, 15) is 4.79 Å². The second kappa shape index (κ2) is 8.37. The number of thiazole rings is 1. The molecular weight excluding hydrogens is 362 g/mol. The van der Waals surface area contributed by atoms with E-state index in [1.165, 1.54) is 12.8 Å². The van der Waals surface area contributed by atoms with Crippen molar-refractivity contribution in [3.63, 3.8) is 0 Å². The first-order valence-electron chi connectivity index (χ1n) is 9.52. The van der Waals surface area contributed by atoms with Crippen LogP contribution in [0, 0.1) is 6.92 Å². The number of benzene rings is 1. The van der Waals surface area contributed by atoms with Crippen LogP contribution in [0.1, 0.15) is 57.8 Å². The summed E-state index contributed by atoms with van der Waals surface area (Å²) in [7, 11) is 0. The smallest absolute Gasteiger partial charge is 0.251 e. The largest absolute Gasteiger partial charge is 0.380 e. The van der Waals surface area contributed by atoms with Gasteiger partial charge in [0, 0.05) is 28.4 Å². The van der Waals surface area contributed by atoms with Gasteiger partial charge >= 0.3 is 0 Å². The van der Waals surface area contributed by atoms with Crippen LogP contribution in [-0.4, -0.2) is 30.1 Å². The van der Waals surface area contributed by atoms with Crippen LogP contribution in [0.5, 0.6) is 0 Å². The summed E-state index contributed by atoms with van der Waals surface area (Å²) in [5.41, 5.74) is 2.80. The number of hydrogen-bond acceptors (Lipinski definition) is 6. The zero-order chi connectivity index (χ0) is 18.6. The predicted molar refractivity (Wildman–Crippen MR) is 105 cm³/mol. The van der Waals surface area contributed by atoms with Crippen LogP contribution in [0.2, 0.25) is 0 Å². The van der Waals surface area contributed by atoms with Gasteiger partial charge in [0.25, 0.3) is 5.91 Å². The highest BCUT2D eigenvalue weighted by Crippen LogP contribution is 2.28. The van der Waals surface area contributed by atoms with Gasteiger partial charge in [-0.3, -0.25) is 4.79 Å². The topological polar surface area (TPSA) is 72.5 Å². The van der Waals surface area contributed by atoms with Crippen molar-refractivity contribution in [2.75, 3.05) is 18.5 Å². The maximum Gasteiger partial charge on any atom is 0.251 e. The fourth-order valence-electron chi connectivity index (χ4n) is 3.54. The van der Waals surface area contributed by atoms with Gasteiger partial charge in [-0.2, -0.15) is 0 Å². The zero-order valence-corrected chi connectivity index (χ0v) is 16.3. The number of nitrogens with zero attached hydrogens (tertiary/aromatic N) is 1. The molecule has 1 aliphatic carbocycles. The molecule has 1 aliphatic heterocycles. The first-order valence-corrected chi connectivity index (χ1v) is 10.3. The molecule has 0 spiro atoms. The first kappa shape index (κ1) is 18.4. The third kappa shape index (κ3) is 4.48. The standard InChI is InChI=1S/C20H25N3O3S/c1-13-10-14(18(24)23-15-4-2-3-5-15)6-7-17(13)21-11-16-12-22-19(27-16)20-25-8-9-26-20/h6-7,10,12,15,20-21H,2-5,8-9,11H2,1H3,(H,23,24). The molecule has 1 saturated heterocycles. The van der Waals surface area contributed by atoms with E-state index in [-0.39, 0.29) is 12.2 Å². The van der Waals surface area contributed by atoms with Crippen molar-refractivity contribution in [1.82, 2.24) is 10.3 Å². The molecule has 0 radical (unpaired) electrons. The third-order valence-electron chi connectivity index (χ3n) is 5.03. The number of ether oxygens (including phenoxy) is 2. The summed E-state index contributed by atoms with van der Waals surface area (Å²) in [5, 5.41) is 7.43. The van der Waals surface area contributed by atoms with Gasteiger partial charge in [0.05, 0.1) is 19.8 Å². The zero-order valence-electron chi connectivity index (χ0n) is 15.5. The SMILES string of the molecule is Cc1cc(C(=O)NC2CCCC2)ccc1NCc1cnc(C2OCCO2)s1. The Hall–Kier alpha value is -1.96. The number of nitrogens with one attached hydrogen (secondary N) is 2. The van der Waals surface area contributed by atoms with Crippen molar-refractivity contribution in [1.29, 1.82) is 0 Å². The number of rotatable bonds is 6. The number of carbonyl (C=O) groups is 1. The Labute approximate surface area is 163 Å². The maximum absolute atomic E-state index is 12.4. The lowest BCUT2D eigenvalue weighted by atomic mass is 10.1. The second-order valence-electron chi connectivity index (χ2n) is 7.08. The fourth-order valence-corrected chi connectivity index (χ4v) is 4.39. The molecule has 0 bridgehead atoms. The van der Waals surface area contributed by atoms with E-state index < -0.39 is 0 Å². The summed E-state index contributed by atoms with van der Waals surface area (Å²) in [4.78, 5) is 17.9. The van der Waals surface area contributed by atoms with Gasteiger partial charge in [-0.05, 0) is 43.5 Å². The Morgan fingerprint density at radius 3 is 2.78 bits per heavy atom. The molecule has 144 valence electrons. The lowest BCUT2D eigenvalue weighted by Crippen LogP contribution is -2.32. The average molecular weight is 388 g/mol. The molecule has 1 aromatic carbocycles. The monoisotopic (exact) mass is 387 g/mol. The maximum atomic E-state index is 12.4. The van der Waals surface area contributed by atoms with Crippen molar-refractivity contribution >= 4 is 22.9 Å². The molecule has 0 unspecified atom stereocenters. The van der Waals surface area contributed by atoms with Crippen molar-refractivity contribution in [3.8, 4) is 0 Å². The lowest BCUT2D eigenvalue weighted by molar-refractivity contribution is -0.0442. The fraction of sp³-hybridized carbons (Fsp3) is 0.500. The van der Waals surface area contributed by atoms with Crippen LogP contribution in [-0.2, 0) is 16.0 Å². The van der Waals surface area contributed by atoms with Crippen LogP contribution >= 0.6 is 11.3 Å². The molecule has 2 fully saturated rings. The number of aromatic nitrogens is 1. The molecule has 4 rings (SSSR count). The van der Waals surface area contributed by atoms with Crippen molar-refractivity contribution in [2.45, 2.75) is 51.5 Å². The number of hydrogen-bond donors (Lipinski definition) is 2. The van der Waals surface area contributed by atoms with E-state index in [4.69, 9.17) is 9.47 Å². The molecule has 1 aromatic heterocycles. The Bertz CT molecular complexity index is 796. The van der Waals surface area contributed by atoms with Crippen LogP contribution in [0.4, 0.5) is 5.69 Å². The Morgan fingerprint density at radius 2 is 2.04 bits per heavy atom. The molecule has 0 atom stereocenters. The summed E-state index contributed by atoms with van der Waals surface area (Å²) in [6.07, 6.45) is 6.16. The summed E-state index contributed by atoms with van der Waals surface area (Å²) >= 11 is 1.59. The molecule has 6 nitrogen and oxygen atoms in total. The van der Waals surface area contributed by atoms with Gasteiger partial charge in [0.2, 0.25) is 6.29 Å². The molecule has 1 amide bonds. The Balaban J connectivity index is 1.34. The first-order chi connectivity index (χ1) is 13.2. The minimum absolute atomic E-state index is 0.0280. The van der Waals surface area contributed by atoms with Crippen molar-refractivity contribution in [3.05, 3.63) is 45.4 Å². The van der Waals surface area contributed by atoms with Gasteiger partial charge in [-0.25, -0.2) is 4.98 Å². The van der Waals surface area contributed by atoms with Crippen LogP contribution in [0.25, 0.3) is 0 Å². The summed E-state index contributed by atoms with van der Waals surface area (Å²) in [6, 6.07) is 6.15. The van der Waals surface area contributed by atoms with E-state index in [1.54, 1.807) is 11.3 Å². The van der Waals surface area contributed by atoms with Crippen LogP contribution in [0.3, 0.4) is 0 Å². The minimum Gasteiger partial charge on any atom is -0.380 e. The van der Waals surface area contributed by atoms with E-state index in [1.807, 2.05) is 31.3 Å². The number of amides is 1. The van der Waals surface area contributed by atoms with E-state index in [0.717, 1.165) is 39.5 Å². The quantitative estimate of drug-likeness (QED) is 0.789. The molecule has 2 heterocycles. The summed E-state index contributed by atoms with van der Waals surface area (Å²) in [5.74, 6) is 0.0280. The number of carbonyl (C=O) groups excluding carboxylic acids is 1. The van der Waals surface area contributed by atoms with Crippen molar-refractivity contribution in [2.24, 2.45) is 0 Å². The van der Waals surface area contributed by atoms with Crippen molar-refractivity contribution < 1.29 is 14.3 Å². The van der Waals surface area contributed by atoms with Gasteiger partial charge in [0.15, 0.2) is 0 Å². The summed E-state index contributed by atoms with van der Waals surface area (Å²) < 4.78 is 11.0. The lowest BCUT2D eigenvalue weighted by Gasteiger charge is -2.14. The molecule has 2 aliphatic rings. The van der Waals surface area contributed by atoms with E-state index in [2.05, 4.69) is 15.6 Å². The Kier molecular flexibility index (Phi) is 5.71. The summed E-state index contributed by atoms with van der Waals surface area (Å²) in [6.45, 7) is 3.95. The predicted octanol–water partition coefficient (Wildman–Crippen LogP) is 3.78. The molecule has 2 aromatic rings. The normalized spacial score (nSPS) is 18.1. The minimum atomic E-state index is -0.317. The van der Waals surface area contributed by atoms with E-state index in [0.29, 0.717) is 25.8 Å². The molecule has 7 heteroatoms. The van der Waals surface area contributed by atoms with Crippen LogP contribution in [0.15, 0.2) is 24.4 Å². The molecule has 1 saturated carbocycles. The molecule has 2 N–H and O–H groups in total. The van der Waals surface area contributed by atoms with Crippen LogP contribution < -0.4 is 10.6 Å². The molecule has 27 heavy (non-hydrogen) atoms. The number of aryl methyl sites for hydroxylation is 1. The highest BCUT2D eigenvalue weighted by Gasteiger charge is 2.22. The van der Waals surface area contributed by atoms with E-state index >= 15 is 0 Å². The average Bonchev–Trinajstić information content (AvgIpc) is 3.42. The highest BCUT2D eigenvalue weighted by molar-refractivity contribution is 7.11. The van der Waals surface area contributed by atoms with Gasteiger partial charge in [-0.15, -0.1) is 11.3 Å². The van der Waals surface area contributed by atoms with Gasteiger partial charge in [-0.1, -0.05) is 12.8 Å². The molecular formula is C20H25N3O3S. The van der Waals surface area contributed by atoms with Gasteiger partial charge in [0.1, 0.15) is 5.01 Å². The Morgan fingerprint density at radius 1 is 1.26 bits per heavy atom. The van der Waals surface area contributed by atoms with Gasteiger partial charge < -0.3 is 20.1 Å².